The van der Waals surface area contributed by atoms with Gasteiger partial charge < -0.3 is 15.6 Å². The summed E-state index contributed by atoms with van der Waals surface area (Å²) in [6.07, 6.45) is 0. The number of phenols is 1. The summed E-state index contributed by atoms with van der Waals surface area (Å²) in [6, 6.07) is 10.5. The summed E-state index contributed by atoms with van der Waals surface area (Å²) in [5.41, 5.74) is 6.74. The molecular weight excluding hydrogens is 221 g/mol. The lowest BCUT2D eigenvalue weighted by Gasteiger charge is -2.08. The van der Waals surface area contributed by atoms with Crippen LogP contribution in [0.4, 0.5) is 10.1 Å². The van der Waals surface area contributed by atoms with Crippen LogP contribution in [0.15, 0.2) is 42.5 Å². The van der Waals surface area contributed by atoms with Crippen molar-refractivity contribution in [2.45, 2.75) is 6.61 Å². The van der Waals surface area contributed by atoms with Crippen molar-refractivity contribution in [3.05, 3.63) is 53.8 Å². The van der Waals surface area contributed by atoms with Crippen molar-refractivity contribution in [2.24, 2.45) is 0 Å². The number of anilines is 1. The predicted molar refractivity (Wildman–Crippen MR) is 63.3 cm³/mol. The molecule has 0 aromatic heterocycles. The third-order valence-electron chi connectivity index (χ3n) is 2.34. The Morgan fingerprint density at radius 2 is 1.82 bits per heavy atom. The molecular formula is C13H12FNO2. The summed E-state index contributed by atoms with van der Waals surface area (Å²) in [5, 5.41) is 9.10. The topological polar surface area (TPSA) is 55.5 Å². The van der Waals surface area contributed by atoms with Gasteiger partial charge in [0.05, 0.1) is 0 Å². The van der Waals surface area contributed by atoms with E-state index in [9.17, 15) is 4.39 Å². The molecule has 0 aliphatic heterocycles. The summed E-state index contributed by atoms with van der Waals surface area (Å²) < 4.78 is 18.3. The van der Waals surface area contributed by atoms with Gasteiger partial charge in [-0.25, -0.2) is 4.39 Å². The molecule has 17 heavy (non-hydrogen) atoms. The van der Waals surface area contributed by atoms with E-state index in [1.807, 2.05) is 0 Å². The highest BCUT2D eigenvalue weighted by atomic mass is 19.1. The lowest BCUT2D eigenvalue weighted by atomic mass is 10.2. The van der Waals surface area contributed by atoms with E-state index in [0.717, 1.165) is 5.56 Å². The lowest BCUT2D eigenvalue weighted by Crippen LogP contribution is -2.00. The largest absolute Gasteiger partial charge is 0.508 e. The van der Waals surface area contributed by atoms with Gasteiger partial charge in [-0.3, -0.25) is 0 Å². The molecule has 0 unspecified atom stereocenters. The van der Waals surface area contributed by atoms with Crippen molar-refractivity contribution < 1.29 is 14.2 Å². The van der Waals surface area contributed by atoms with Gasteiger partial charge in [0, 0.05) is 11.3 Å². The fraction of sp³-hybridized carbons (Fsp3) is 0.0769. The number of aromatic hydroxyl groups is 1. The van der Waals surface area contributed by atoms with Crippen molar-refractivity contribution in [1.29, 1.82) is 0 Å². The molecule has 0 fully saturated rings. The van der Waals surface area contributed by atoms with Crippen LogP contribution in [0.25, 0.3) is 0 Å². The Hall–Kier alpha value is -2.23. The first kappa shape index (κ1) is 11.3. The number of nitrogen functional groups attached to an aromatic ring is 1. The fourth-order valence-electron chi connectivity index (χ4n) is 1.40. The standard InChI is InChI=1S/C13H12FNO2/c14-10-2-1-9(13(15)7-10)8-17-12-5-3-11(16)4-6-12/h1-7,16H,8,15H2. The highest BCUT2D eigenvalue weighted by Gasteiger charge is 2.02. The third-order valence-corrected chi connectivity index (χ3v) is 2.34. The zero-order valence-electron chi connectivity index (χ0n) is 9.06. The smallest absolute Gasteiger partial charge is 0.125 e. The Morgan fingerprint density at radius 1 is 1.12 bits per heavy atom. The van der Waals surface area contributed by atoms with Crippen molar-refractivity contribution in [3.8, 4) is 11.5 Å². The van der Waals surface area contributed by atoms with E-state index in [1.54, 1.807) is 18.2 Å². The monoisotopic (exact) mass is 233 g/mol. The molecule has 0 heterocycles. The molecule has 0 saturated heterocycles. The number of rotatable bonds is 3. The minimum atomic E-state index is -0.365. The summed E-state index contributed by atoms with van der Waals surface area (Å²) in [5.74, 6) is 0.432. The number of halogens is 1. The summed E-state index contributed by atoms with van der Waals surface area (Å²) in [7, 11) is 0. The molecule has 0 saturated carbocycles. The van der Waals surface area contributed by atoms with Gasteiger partial charge in [-0.15, -0.1) is 0 Å². The van der Waals surface area contributed by atoms with Gasteiger partial charge in [0.1, 0.15) is 23.9 Å². The molecule has 2 rings (SSSR count). The Labute approximate surface area is 98.3 Å². The number of nitrogens with two attached hydrogens (primary N) is 1. The third kappa shape index (κ3) is 2.87. The minimum absolute atomic E-state index is 0.179. The van der Waals surface area contributed by atoms with Crippen LogP contribution in [-0.2, 0) is 6.61 Å². The van der Waals surface area contributed by atoms with Crippen LogP contribution in [0.1, 0.15) is 5.56 Å². The summed E-state index contributed by atoms with van der Waals surface area (Å²) in [4.78, 5) is 0. The number of hydrogen-bond acceptors (Lipinski definition) is 3. The first-order valence-electron chi connectivity index (χ1n) is 5.11. The van der Waals surface area contributed by atoms with Crippen LogP contribution in [0.3, 0.4) is 0 Å². The molecule has 2 aromatic carbocycles. The Bertz CT molecular complexity index is 511. The second-order valence-corrected chi connectivity index (χ2v) is 3.63. The number of benzene rings is 2. The molecule has 4 heteroatoms. The number of phenolic OH excluding ortho intramolecular Hbond substituents is 1. The van der Waals surface area contributed by atoms with Gasteiger partial charge in [0.15, 0.2) is 0 Å². The molecule has 2 aromatic rings. The molecule has 3 N–H and O–H groups in total. The molecule has 0 atom stereocenters. The highest BCUT2D eigenvalue weighted by molar-refractivity contribution is 5.46. The molecule has 0 spiro atoms. The molecule has 0 aliphatic rings. The maximum atomic E-state index is 12.8. The molecule has 0 bridgehead atoms. The zero-order chi connectivity index (χ0) is 12.3. The second-order valence-electron chi connectivity index (χ2n) is 3.63. The Kier molecular flexibility index (Phi) is 3.14. The molecule has 3 nitrogen and oxygen atoms in total. The first-order chi connectivity index (χ1) is 8.15. The quantitative estimate of drug-likeness (QED) is 0.801. The van der Waals surface area contributed by atoms with Crippen LogP contribution in [-0.4, -0.2) is 5.11 Å². The van der Waals surface area contributed by atoms with Gasteiger partial charge in [0.2, 0.25) is 0 Å². The average molecular weight is 233 g/mol. The fourth-order valence-corrected chi connectivity index (χ4v) is 1.40. The SMILES string of the molecule is Nc1cc(F)ccc1COc1ccc(O)cc1. The van der Waals surface area contributed by atoms with E-state index in [4.69, 9.17) is 15.6 Å². The molecule has 0 amide bonds. The van der Waals surface area contributed by atoms with E-state index >= 15 is 0 Å². The van der Waals surface area contributed by atoms with E-state index in [2.05, 4.69) is 0 Å². The van der Waals surface area contributed by atoms with Crippen LogP contribution >= 0.6 is 0 Å². The molecule has 0 radical (unpaired) electrons. The predicted octanol–water partition coefficient (Wildman–Crippen LogP) is 2.69. The normalized spacial score (nSPS) is 10.2. The highest BCUT2D eigenvalue weighted by Crippen LogP contribution is 2.19. The zero-order valence-corrected chi connectivity index (χ0v) is 9.06. The van der Waals surface area contributed by atoms with Crippen molar-refractivity contribution in [1.82, 2.24) is 0 Å². The van der Waals surface area contributed by atoms with Crippen LogP contribution in [0.2, 0.25) is 0 Å². The van der Waals surface area contributed by atoms with E-state index in [-0.39, 0.29) is 18.2 Å². The summed E-state index contributed by atoms with van der Waals surface area (Å²) >= 11 is 0. The van der Waals surface area contributed by atoms with Gasteiger partial charge in [-0.05, 0) is 36.4 Å². The number of ether oxygens (including phenoxy) is 1. The first-order valence-corrected chi connectivity index (χ1v) is 5.11. The van der Waals surface area contributed by atoms with Gasteiger partial charge in [-0.1, -0.05) is 6.07 Å². The average Bonchev–Trinajstić information content (AvgIpc) is 2.30. The summed E-state index contributed by atoms with van der Waals surface area (Å²) in [6.45, 7) is 0.261. The van der Waals surface area contributed by atoms with E-state index < -0.39 is 0 Å². The van der Waals surface area contributed by atoms with E-state index in [1.165, 1.54) is 24.3 Å². The van der Waals surface area contributed by atoms with Crippen LogP contribution < -0.4 is 10.5 Å². The van der Waals surface area contributed by atoms with Gasteiger partial charge in [0.25, 0.3) is 0 Å². The van der Waals surface area contributed by atoms with Crippen LogP contribution in [0.5, 0.6) is 11.5 Å². The number of hydrogen-bond donors (Lipinski definition) is 2. The maximum Gasteiger partial charge on any atom is 0.125 e. The maximum absolute atomic E-state index is 12.8. The van der Waals surface area contributed by atoms with Crippen molar-refractivity contribution >= 4 is 5.69 Å². The lowest BCUT2D eigenvalue weighted by molar-refractivity contribution is 0.306. The van der Waals surface area contributed by atoms with Crippen molar-refractivity contribution in [2.75, 3.05) is 5.73 Å². The Morgan fingerprint density at radius 3 is 2.47 bits per heavy atom. The van der Waals surface area contributed by atoms with E-state index in [0.29, 0.717) is 11.4 Å². The van der Waals surface area contributed by atoms with Gasteiger partial charge in [-0.2, -0.15) is 0 Å². The second kappa shape index (κ2) is 4.74. The van der Waals surface area contributed by atoms with Gasteiger partial charge >= 0.3 is 0 Å². The van der Waals surface area contributed by atoms with Crippen molar-refractivity contribution in [3.63, 3.8) is 0 Å². The minimum Gasteiger partial charge on any atom is -0.508 e. The Balaban J connectivity index is 2.04. The van der Waals surface area contributed by atoms with Crippen LogP contribution in [0, 0.1) is 5.82 Å². The molecule has 0 aliphatic carbocycles. The molecule has 88 valence electrons.